The maximum absolute atomic E-state index is 12.4. The van der Waals surface area contributed by atoms with Crippen LogP contribution in [0.5, 0.6) is 0 Å². The van der Waals surface area contributed by atoms with Crippen molar-refractivity contribution in [3.05, 3.63) is 5.82 Å². The van der Waals surface area contributed by atoms with E-state index in [-0.39, 0.29) is 11.2 Å². The number of anilines is 1. The Morgan fingerprint density at radius 2 is 2.06 bits per heavy atom. The molecule has 0 aliphatic heterocycles. The molecule has 98 valence electrons. The van der Waals surface area contributed by atoms with E-state index in [0.29, 0.717) is 18.8 Å². The number of hydrogen-bond acceptors (Lipinski definition) is 4. The van der Waals surface area contributed by atoms with E-state index in [1.807, 2.05) is 13.8 Å². The largest absolute Gasteiger partial charge is 0.452 e. The zero-order valence-corrected chi connectivity index (χ0v) is 11.0. The minimum atomic E-state index is -4.48. The van der Waals surface area contributed by atoms with Gasteiger partial charge in [0, 0.05) is 30.0 Å². The standard InChI is InChI=1S/C9H13ClF3N3S/c1-6(2)16(5-3-4-10)8-14-7(15-17-8)9(11,12)13/h6H,3-5H2,1-2H3. The highest BCUT2D eigenvalue weighted by Crippen LogP contribution is 2.30. The van der Waals surface area contributed by atoms with Crippen molar-refractivity contribution in [2.75, 3.05) is 17.3 Å². The van der Waals surface area contributed by atoms with Gasteiger partial charge in [-0.05, 0) is 20.3 Å². The van der Waals surface area contributed by atoms with Gasteiger partial charge in [0.2, 0.25) is 11.0 Å². The molecule has 0 N–H and O–H groups in total. The zero-order valence-electron chi connectivity index (χ0n) is 9.46. The van der Waals surface area contributed by atoms with Crippen LogP contribution in [0.2, 0.25) is 0 Å². The van der Waals surface area contributed by atoms with Crippen molar-refractivity contribution >= 4 is 28.3 Å². The van der Waals surface area contributed by atoms with Crippen molar-refractivity contribution in [2.24, 2.45) is 0 Å². The average Bonchev–Trinajstić information content (AvgIpc) is 2.66. The normalized spacial score (nSPS) is 12.2. The van der Waals surface area contributed by atoms with E-state index in [1.54, 1.807) is 4.90 Å². The summed E-state index contributed by atoms with van der Waals surface area (Å²) in [5.41, 5.74) is 0. The van der Waals surface area contributed by atoms with Gasteiger partial charge >= 0.3 is 6.18 Å². The monoisotopic (exact) mass is 287 g/mol. The van der Waals surface area contributed by atoms with Gasteiger partial charge in [0.15, 0.2) is 0 Å². The molecule has 0 aliphatic carbocycles. The second-order valence-corrected chi connectivity index (χ2v) is 4.84. The van der Waals surface area contributed by atoms with Crippen molar-refractivity contribution in [3.63, 3.8) is 0 Å². The van der Waals surface area contributed by atoms with Crippen LogP contribution in [0.25, 0.3) is 0 Å². The lowest BCUT2D eigenvalue weighted by Gasteiger charge is -2.25. The smallest absolute Gasteiger partial charge is 0.344 e. The Balaban J connectivity index is 2.84. The van der Waals surface area contributed by atoms with E-state index in [4.69, 9.17) is 11.6 Å². The lowest BCUT2D eigenvalue weighted by Crippen LogP contribution is -2.32. The molecular formula is C9H13ClF3N3S. The second-order valence-electron chi connectivity index (χ2n) is 3.73. The zero-order chi connectivity index (χ0) is 13.1. The Morgan fingerprint density at radius 1 is 1.41 bits per heavy atom. The van der Waals surface area contributed by atoms with Gasteiger partial charge in [-0.2, -0.15) is 22.5 Å². The van der Waals surface area contributed by atoms with E-state index in [1.165, 1.54) is 0 Å². The van der Waals surface area contributed by atoms with Crippen LogP contribution in [-0.2, 0) is 6.18 Å². The molecule has 1 heterocycles. The first-order valence-corrected chi connectivity index (χ1v) is 6.40. The molecule has 0 radical (unpaired) electrons. The Hall–Kier alpha value is -0.560. The highest BCUT2D eigenvalue weighted by Gasteiger charge is 2.36. The number of aromatic nitrogens is 2. The SMILES string of the molecule is CC(C)N(CCCCl)c1nc(C(F)(F)F)ns1. The molecule has 17 heavy (non-hydrogen) atoms. The summed E-state index contributed by atoms with van der Waals surface area (Å²) in [6.45, 7) is 4.36. The minimum absolute atomic E-state index is 0.0623. The van der Waals surface area contributed by atoms with Crippen molar-refractivity contribution in [2.45, 2.75) is 32.5 Å². The Kier molecular flexibility index (Phi) is 5.00. The summed E-state index contributed by atoms with van der Waals surface area (Å²) in [7, 11) is 0. The maximum Gasteiger partial charge on any atom is 0.452 e. The Labute approximate surface area is 107 Å². The molecule has 0 unspecified atom stereocenters. The van der Waals surface area contributed by atoms with Gasteiger partial charge in [0.25, 0.3) is 0 Å². The van der Waals surface area contributed by atoms with Crippen molar-refractivity contribution < 1.29 is 13.2 Å². The van der Waals surface area contributed by atoms with Gasteiger partial charge in [-0.15, -0.1) is 11.6 Å². The highest BCUT2D eigenvalue weighted by molar-refractivity contribution is 7.09. The molecule has 3 nitrogen and oxygen atoms in total. The fourth-order valence-corrected chi connectivity index (χ4v) is 2.22. The van der Waals surface area contributed by atoms with Gasteiger partial charge in [-0.3, -0.25) is 0 Å². The highest BCUT2D eigenvalue weighted by atomic mass is 35.5. The lowest BCUT2D eigenvalue weighted by atomic mass is 10.3. The van der Waals surface area contributed by atoms with Crippen molar-refractivity contribution in [1.82, 2.24) is 9.36 Å². The fourth-order valence-electron chi connectivity index (χ4n) is 1.25. The fraction of sp³-hybridized carbons (Fsp3) is 0.778. The van der Waals surface area contributed by atoms with Crippen LogP contribution in [0.15, 0.2) is 0 Å². The summed E-state index contributed by atoms with van der Waals surface area (Å²) >= 11 is 6.34. The van der Waals surface area contributed by atoms with Gasteiger partial charge < -0.3 is 4.90 Å². The topological polar surface area (TPSA) is 29.0 Å². The summed E-state index contributed by atoms with van der Waals surface area (Å²) in [4.78, 5) is 5.29. The van der Waals surface area contributed by atoms with Gasteiger partial charge in [0.05, 0.1) is 0 Å². The number of alkyl halides is 4. The maximum atomic E-state index is 12.4. The number of halogens is 4. The molecule has 0 saturated carbocycles. The Bertz CT molecular complexity index is 354. The van der Waals surface area contributed by atoms with Crippen LogP contribution in [0.1, 0.15) is 26.1 Å². The third kappa shape index (κ3) is 3.99. The van der Waals surface area contributed by atoms with E-state index in [9.17, 15) is 13.2 Å². The van der Waals surface area contributed by atoms with Crippen LogP contribution in [0.3, 0.4) is 0 Å². The summed E-state index contributed by atoms with van der Waals surface area (Å²) < 4.78 is 40.4. The lowest BCUT2D eigenvalue weighted by molar-refractivity contribution is -0.144. The predicted molar refractivity (Wildman–Crippen MR) is 62.7 cm³/mol. The molecule has 0 bridgehead atoms. The minimum Gasteiger partial charge on any atom is -0.344 e. The summed E-state index contributed by atoms with van der Waals surface area (Å²) in [5.74, 6) is -0.609. The van der Waals surface area contributed by atoms with E-state index in [0.717, 1.165) is 11.5 Å². The number of rotatable bonds is 5. The van der Waals surface area contributed by atoms with Crippen LogP contribution < -0.4 is 4.90 Å². The first-order valence-electron chi connectivity index (χ1n) is 5.09. The molecule has 1 aromatic heterocycles. The Morgan fingerprint density at radius 3 is 2.47 bits per heavy atom. The molecule has 1 rings (SSSR count). The molecular weight excluding hydrogens is 275 g/mol. The molecule has 0 atom stereocenters. The van der Waals surface area contributed by atoms with Crippen molar-refractivity contribution in [3.8, 4) is 0 Å². The number of hydrogen-bond donors (Lipinski definition) is 0. The average molecular weight is 288 g/mol. The summed E-state index contributed by atoms with van der Waals surface area (Å²) in [6, 6.07) is 0.0623. The molecule has 8 heteroatoms. The molecule has 0 aliphatic rings. The molecule has 0 aromatic carbocycles. The van der Waals surface area contributed by atoms with Crippen LogP contribution in [0.4, 0.5) is 18.3 Å². The predicted octanol–water partition coefficient (Wildman–Crippen LogP) is 3.40. The third-order valence-corrected chi connectivity index (χ3v) is 3.09. The van der Waals surface area contributed by atoms with E-state index in [2.05, 4.69) is 9.36 Å². The summed E-state index contributed by atoms with van der Waals surface area (Å²) in [6.07, 6.45) is -3.79. The molecule has 0 amide bonds. The first-order chi connectivity index (χ1) is 7.86. The quantitative estimate of drug-likeness (QED) is 0.777. The van der Waals surface area contributed by atoms with Crippen LogP contribution >= 0.6 is 23.1 Å². The molecule has 0 fully saturated rings. The van der Waals surface area contributed by atoms with E-state index < -0.39 is 12.0 Å². The molecule has 0 saturated heterocycles. The van der Waals surface area contributed by atoms with Crippen molar-refractivity contribution in [1.29, 1.82) is 0 Å². The van der Waals surface area contributed by atoms with E-state index >= 15 is 0 Å². The van der Waals surface area contributed by atoms with Gasteiger partial charge in [0.1, 0.15) is 0 Å². The van der Waals surface area contributed by atoms with Crippen LogP contribution in [-0.4, -0.2) is 27.8 Å². The van der Waals surface area contributed by atoms with Gasteiger partial charge in [-0.25, -0.2) is 0 Å². The summed E-state index contributed by atoms with van der Waals surface area (Å²) in [5, 5.41) is 0.289. The second kappa shape index (κ2) is 5.86. The van der Waals surface area contributed by atoms with Crippen LogP contribution in [0, 0.1) is 0 Å². The van der Waals surface area contributed by atoms with Gasteiger partial charge in [-0.1, -0.05) is 0 Å². The molecule has 1 aromatic rings. The number of nitrogens with zero attached hydrogens (tertiary/aromatic N) is 3. The third-order valence-electron chi connectivity index (χ3n) is 2.07. The molecule has 0 spiro atoms. The first kappa shape index (κ1) is 14.5.